The predicted molar refractivity (Wildman–Crippen MR) is 122 cm³/mol. The van der Waals surface area contributed by atoms with Crippen molar-refractivity contribution in [2.75, 3.05) is 24.5 Å². The molecule has 0 unspecified atom stereocenters. The highest BCUT2D eigenvalue weighted by molar-refractivity contribution is 14.0. The zero-order valence-corrected chi connectivity index (χ0v) is 18.3. The van der Waals surface area contributed by atoms with Gasteiger partial charge in [-0.25, -0.2) is 4.99 Å². The number of fused-ring (bicyclic) bond motifs is 1. The monoisotopic (exact) mass is 498 g/mol. The lowest BCUT2D eigenvalue weighted by Crippen LogP contribution is -2.44. The SMILES string of the molecule is CCNC(=NCc1cccc(Cl)c1)NCC(=O)N1CCc2ccccc21.I. The van der Waals surface area contributed by atoms with Gasteiger partial charge < -0.3 is 15.5 Å². The van der Waals surface area contributed by atoms with Crippen LogP contribution in [0.5, 0.6) is 0 Å². The molecule has 2 aromatic rings. The Balaban J connectivity index is 0.00000261. The largest absolute Gasteiger partial charge is 0.357 e. The van der Waals surface area contributed by atoms with Gasteiger partial charge in [-0.2, -0.15) is 0 Å². The maximum Gasteiger partial charge on any atom is 0.246 e. The molecule has 0 spiro atoms. The molecule has 0 saturated carbocycles. The Labute approximate surface area is 182 Å². The van der Waals surface area contributed by atoms with Crippen molar-refractivity contribution in [3.05, 3.63) is 64.7 Å². The molecule has 0 bridgehead atoms. The Kier molecular flexibility index (Phi) is 8.37. The summed E-state index contributed by atoms with van der Waals surface area (Å²) in [4.78, 5) is 19.0. The summed E-state index contributed by atoms with van der Waals surface area (Å²) in [5, 5.41) is 6.99. The third kappa shape index (κ3) is 5.84. The molecule has 1 heterocycles. The standard InChI is InChI=1S/C20H23ClN4O.HI/c1-2-22-20(23-13-15-6-5-8-17(21)12-15)24-14-19(26)25-11-10-16-7-3-4-9-18(16)25;/h3-9,12H,2,10-11,13-14H2,1H3,(H2,22,23,24);1H. The number of benzene rings is 2. The number of nitrogens with one attached hydrogen (secondary N) is 2. The van der Waals surface area contributed by atoms with Crippen molar-refractivity contribution in [2.24, 2.45) is 4.99 Å². The number of amides is 1. The van der Waals surface area contributed by atoms with Crippen LogP contribution in [0.3, 0.4) is 0 Å². The van der Waals surface area contributed by atoms with Crippen molar-refractivity contribution in [3.63, 3.8) is 0 Å². The van der Waals surface area contributed by atoms with E-state index in [1.54, 1.807) is 0 Å². The molecule has 1 aliphatic heterocycles. The number of hydrogen-bond acceptors (Lipinski definition) is 2. The van der Waals surface area contributed by atoms with Crippen LogP contribution >= 0.6 is 35.6 Å². The molecule has 0 fully saturated rings. The third-order valence-corrected chi connectivity index (χ3v) is 4.48. The molecule has 144 valence electrons. The van der Waals surface area contributed by atoms with E-state index in [2.05, 4.69) is 21.7 Å². The summed E-state index contributed by atoms with van der Waals surface area (Å²) in [5.74, 6) is 0.664. The van der Waals surface area contributed by atoms with Crippen LogP contribution in [0, 0.1) is 0 Å². The fourth-order valence-electron chi connectivity index (χ4n) is 3.00. The van der Waals surface area contributed by atoms with Gasteiger partial charge in [0.1, 0.15) is 0 Å². The molecular weight excluding hydrogens is 475 g/mol. The number of nitrogens with zero attached hydrogens (tertiary/aromatic N) is 2. The molecule has 27 heavy (non-hydrogen) atoms. The van der Waals surface area contributed by atoms with Crippen molar-refractivity contribution in [1.82, 2.24) is 10.6 Å². The quantitative estimate of drug-likeness (QED) is 0.376. The van der Waals surface area contributed by atoms with Gasteiger partial charge in [-0.3, -0.25) is 4.79 Å². The Morgan fingerprint density at radius 2 is 2.00 bits per heavy atom. The number of carbonyl (C=O) groups is 1. The molecule has 0 saturated heterocycles. The molecule has 2 N–H and O–H groups in total. The topological polar surface area (TPSA) is 56.7 Å². The number of halogens is 2. The third-order valence-electron chi connectivity index (χ3n) is 4.25. The Morgan fingerprint density at radius 3 is 2.78 bits per heavy atom. The van der Waals surface area contributed by atoms with Crippen molar-refractivity contribution >= 4 is 53.1 Å². The van der Waals surface area contributed by atoms with Crippen LogP contribution in [-0.2, 0) is 17.8 Å². The zero-order valence-electron chi connectivity index (χ0n) is 15.2. The van der Waals surface area contributed by atoms with Crippen molar-refractivity contribution in [2.45, 2.75) is 19.9 Å². The van der Waals surface area contributed by atoms with Gasteiger partial charge in [0.2, 0.25) is 5.91 Å². The number of hydrogen-bond donors (Lipinski definition) is 2. The highest BCUT2D eigenvalue weighted by Crippen LogP contribution is 2.27. The molecule has 3 rings (SSSR count). The Hall–Kier alpha value is -1.80. The van der Waals surface area contributed by atoms with Gasteiger partial charge in [-0.15, -0.1) is 24.0 Å². The van der Waals surface area contributed by atoms with Gasteiger partial charge >= 0.3 is 0 Å². The minimum absolute atomic E-state index is 0. The van der Waals surface area contributed by atoms with Crippen LogP contribution in [0.15, 0.2) is 53.5 Å². The average molecular weight is 499 g/mol. The van der Waals surface area contributed by atoms with Gasteiger partial charge in [0.25, 0.3) is 0 Å². The second-order valence-corrected chi connectivity index (χ2v) is 6.54. The smallest absolute Gasteiger partial charge is 0.246 e. The van der Waals surface area contributed by atoms with Crippen molar-refractivity contribution in [3.8, 4) is 0 Å². The second kappa shape index (κ2) is 10.5. The fourth-order valence-corrected chi connectivity index (χ4v) is 3.21. The fraction of sp³-hybridized carbons (Fsp3) is 0.300. The molecule has 0 radical (unpaired) electrons. The van der Waals surface area contributed by atoms with E-state index in [1.165, 1.54) is 5.56 Å². The predicted octanol–water partition coefficient (Wildman–Crippen LogP) is 3.60. The highest BCUT2D eigenvalue weighted by Gasteiger charge is 2.23. The van der Waals surface area contributed by atoms with Crippen LogP contribution < -0.4 is 15.5 Å². The van der Waals surface area contributed by atoms with Crippen LogP contribution in [0.1, 0.15) is 18.1 Å². The van der Waals surface area contributed by atoms with E-state index in [9.17, 15) is 4.79 Å². The number of aliphatic imine (C=N–C) groups is 1. The van der Waals surface area contributed by atoms with Gasteiger partial charge in [0.15, 0.2) is 5.96 Å². The minimum Gasteiger partial charge on any atom is -0.357 e. The van der Waals surface area contributed by atoms with Crippen molar-refractivity contribution < 1.29 is 4.79 Å². The number of carbonyl (C=O) groups excluding carboxylic acids is 1. The minimum atomic E-state index is 0. The van der Waals surface area contributed by atoms with E-state index >= 15 is 0 Å². The molecule has 2 aromatic carbocycles. The number of rotatable bonds is 5. The lowest BCUT2D eigenvalue weighted by atomic mass is 10.2. The molecule has 0 atom stereocenters. The Morgan fingerprint density at radius 1 is 1.19 bits per heavy atom. The Bertz CT molecular complexity index is 812. The van der Waals surface area contributed by atoms with Crippen LogP contribution in [0.2, 0.25) is 5.02 Å². The van der Waals surface area contributed by atoms with E-state index < -0.39 is 0 Å². The molecular formula is C20H24ClIN4O. The summed E-state index contributed by atoms with van der Waals surface area (Å²) in [7, 11) is 0. The summed E-state index contributed by atoms with van der Waals surface area (Å²) < 4.78 is 0. The van der Waals surface area contributed by atoms with Crippen LogP contribution in [-0.4, -0.2) is 31.5 Å². The maximum absolute atomic E-state index is 12.6. The van der Waals surface area contributed by atoms with E-state index in [-0.39, 0.29) is 36.4 Å². The molecule has 0 aromatic heterocycles. The van der Waals surface area contributed by atoms with E-state index in [4.69, 9.17) is 11.6 Å². The van der Waals surface area contributed by atoms with Gasteiger partial charge in [0, 0.05) is 23.8 Å². The normalized spacial score (nSPS) is 13.0. The second-order valence-electron chi connectivity index (χ2n) is 6.10. The van der Waals surface area contributed by atoms with Crippen LogP contribution in [0.25, 0.3) is 0 Å². The van der Waals surface area contributed by atoms with Crippen molar-refractivity contribution in [1.29, 1.82) is 0 Å². The number of anilines is 1. The summed E-state index contributed by atoms with van der Waals surface area (Å²) >= 11 is 6.01. The molecule has 1 amide bonds. The maximum atomic E-state index is 12.6. The summed E-state index contributed by atoms with van der Waals surface area (Å²) in [6.07, 6.45) is 0.908. The first kappa shape index (κ1) is 21.5. The first-order valence-corrected chi connectivity index (χ1v) is 9.20. The lowest BCUT2D eigenvalue weighted by Gasteiger charge is -2.18. The first-order chi connectivity index (χ1) is 12.7. The molecule has 0 aliphatic carbocycles. The average Bonchev–Trinajstić information content (AvgIpc) is 3.08. The molecule has 7 heteroatoms. The van der Waals surface area contributed by atoms with Crippen LogP contribution in [0.4, 0.5) is 5.69 Å². The number of para-hydroxylation sites is 1. The number of guanidine groups is 1. The molecule has 5 nitrogen and oxygen atoms in total. The summed E-state index contributed by atoms with van der Waals surface area (Å²) in [6.45, 7) is 4.15. The van der Waals surface area contributed by atoms with Gasteiger partial charge in [0.05, 0.1) is 13.1 Å². The van der Waals surface area contributed by atoms with E-state index in [0.717, 1.165) is 30.8 Å². The van der Waals surface area contributed by atoms with Gasteiger partial charge in [-0.1, -0.05) is 41.9 Å². The summed E-state index contributed by atoms with van der Waals surface area (Å²) in [5.41, 5.74) is 3.26. The highest BCUT2D eigenvalue weighted by atomic mass is 127. The lowest BCUT2D eigenvalue weighted by molar-refractivity contribution is -0.117. The summed E-state index contributed by atoms with van der Waals surface area (Å²) in [6, 6.07) is 15.7. The molecule has 1 aliphatic rings. The zero-order chi connectivity index (χ0) is 18.4. The van der Waals surface area contributed by atoms with E-state index in [0.29, 0.717) is 17.5 Å². The van der Waals surface area contributed by atoms with E-state index in [1.807, 2.05) is 54.3 Å². The first-order valence-electron chi connectivity index (χ1n) is 8.82. The van der Waals surface area contributed by atoms with Gasteiger partial charge in [-0.05, 0) is 42.7 Å².